The highest BCUT2D eigenvalue weighted by atomic mass is 15.1. The largest absolute Gasteiger partial charge is 0.361 e. The summed E-state index contributed by atoms with van der Waals surface area (Å²) in [6.07, 6.45) is 10.6. The first-order chi connectivity index (χ1) is 28.4. The van der Waals surface area contributed by atoms with Gasteiger partial charge in [-0.1, -0.05) is 109 Å². The van der Waals surface area contributed by atoms with E-state index in [-0.39, 0.29) is 10.8 Å². The first-order valence-corrected chi connectivity index (χ1v) is 20.8. The highest BCUT2D eigenvalue weighted by Gasteiger charge is 2.50. The number of nitrogens with zero attached hydrogens (tertiary/aromatic N) is 2. The third kappa shape index (κ3) is 6.53. The van der Waals surface area contributed by atoms with E-state index in [1.165, 1.54) is 66.6 Å². The van der Waals surface area contributed by atoms with E-state index in [1.54, 1.807) is 0 Å². The lowest BCUT2D eigenvalue weighted by Crippen LogP contribution is -2.34. The Bertz CT molecular complexity index is 2570. The summed E-state index contributed by atoms with van der Waals surface area (Å²) in [5.41, 5.74) is 12.4. The summed E-state index contributed by atoms with van der Waals surface area (Å²) in [6.45, 7) is 11.2. The molecule has 2 unspecified atom stereocenters. The fourth-order valence-electron chi connectivity index (χ4n) is 9.92. The topological polar surface area (TPSA) is 30.1 Å². The van der Waals surface area contributed by atoms with Gasteiger partial charge in [0.1, 0.15) is 13.1 Å². The van der Waals surface area contributed by atoms with Gasteiger partial charge in [-0.2, -0.15) is 9.15 Å². The molecule has 4 heteroatoms. The molecule has 0 amide bonds. The number of anilines is 2. The van der Waals surface area contributed by atoms with Crippen molar-refractivity contribution in [2.24, 2.45) is 0 Å². The summed E-state index contributed by atoms with van der Waals surface area (Å²) in [5, 5.41) is 12.3. The summed E-state index contributed by atoms with van der Waals surface area (Å²) >= 11 is 0. The Morgan fingerprint density at radius 2 is 0.828 bits per heavy atom. The number of rotatable bonds is 12. The Morgan fingerprint density at radius 1 is 0.448 bits per heavy atom. The molecule has 286 valence electrons. The van der Waals surface area contributed by atoms with E-state index in [2.05, 4.69) is 230 Å². The van der Waals surface area contributed by atoms with Crippen LogP contribution in [0.3, 0.4) is 0 Å². The van der Waals surface area contributed by atoms with Crippen molar-refractivity contribution in [3.05, 3.63) is 205 Å². The van der Waals surface area contributed by atoms with Crippen LogP contribution in [0.4, 0.5) is 22.7 Å². The Balaban J connectivity index is 1.08. The fraction of sp³-hybridized carbons (Fsp3) is 0.185. The standard InChI is InChI=1S/C54H50N4/c1-5-57-47-31-29-41-17-13-15-23-45(41)51(47)53(3,49(57)33-35-55-43-19-9-7-10-20-43)37-39-25-27-40(28-26-39)38-54(4)50(34-36-56-44-21-11-8-12-22-44)58(6-2)48-32-30-42-18-14-16-24-46(42)52(48)54/h7-36H,5-6,37-38H2,1-4H3/p+2. The van der Waals surface area contributed by atoms with Gasteiger partial charge in [-0.15, -0.1) is 0 Å². The Morgan fingerprint density at radius 3 is 1.22 bits per heavy atom. The molecule has 0 spiro atoms. The van der Waals surface area contributed by atoms with Crippen molar-refractivity contribution in [3.63, 3.8) is 0 Å². The number of hydrogen-bond donors (Lipinski definition) is 2. The number of allylic oxidation sites excluding steroid dienone is 2. The predicted molar refractivity (Wildman–Crippen MR) is 246 cm³/mol. The van der Waals surface area contributed by atoms with E-state index in [0.717, 1.165) is 37.3 Å². The van der Waals surface area contributed by atoms with Crippen molar-refractivity contribution in [3.8, 4) is 0 Å². The van der Waals surface area contributed by atoms with Crippen LogP contribution in [0.2, 0.25) is 0 Å². The van der Waals surface area contributed by atoms with Crippen molar-refractivity contribution in [2.75, 3.05) is 23.7 Å². The van der Waals surface area contributed by atoms with E-state index in [1.807, 2.05) is 0 Å². The van der Waals surface area contributed by atoms with E-state index >= 15 is 0 Å². The molecule has 0 aromatic heterocycles. The van der Waals surface area contributed by atoms with Crippen LogP contribution in [0.5, 0.6) is 0 Å². The molecular weight excluding hydrogens is 705 g/mol. The molecule has 9 rings (SSSR count). The lowest BCUT2D eigenvalue weighted by molar-refractivity contribution is -0.433. The van der Waals surface area contributed by atoms with Crippen LogP contribution in [0.1, 0.15) is 49.9 Å². The van der Waals surface area contributed by atoms with Crippen LogP contribution in [0, 0.1) is 0 Å². The molecule has 2 heterocycles. The normalized spacial score (nSPS) is 18.8. The number of fused-ring (bicyclic) bond motifs is 6. The molecule has 2 atom stereocenters. The maximum absolute atomic E-state index is 3.53. The average Bonchev–Trinajstić information content (AvgIpc) is 3.65. The molecule has 2 aliphatic rings. The van der Waals surface area contributed by atoms with Crippen molar-refractivity contribution in [2.45, 2.75) is 51.4 Å². The van der Waals surface area contributed by atoms with Crippen molar-refractivity contribution < 1.29 is 9.15 Å². The van der Waals surface area contributed by atoms with Crippen LogP contribution in [0.15, 0.2) is 182 Å². The zero-order chi connectivity index (χ0) is 39.7. The highest BCUT2D eigenvalue weighted by molar-refractivity contribution is 6.09. The summed E-state index contributed by atoms with van der Waals surface area (Å²) in [5.74, 6) is 0. The molecule has 0 radical (unpaired) electrons. The second-order valence-corrected chi connectivity index (χ2v) is 16.1. The van der Waals surface area contributed by atoms with Gasteiger partial charge in [0.05, 0.1) is 10.8 Å². The van der Waals surface area contributed by atoms with Gasteiger partial charge in [-0.25, -0.2) is 0 Å². The van der Waals surface area contributed by atoms with Gasteiger partial charge in [-0.3, -0.25) is 0 Å². The molecule has 7 aromatic carbocycles. The zero-order valence-electron chi connectivity index (χ0n) is 34.0. The molecule has 4 nitrogen and oxygen atoms in total. The summed E-state index contributed by atoms with van der Waals surface area (Å²) in [7, 11) is 0. The Hall–Kier alpha value is -6.52. The van der Waals surface area contributed by atoms with Crippen molar-refractivity contribution >= 4 is 55.7 Å². The van der Waals surface area contributed by atoms with Gasteiger partial charge >= 0.3 is 0 Å². The molecule has 2 aliphatic heterocycles. The van der Waals surface area contributed by atoms with Gasteiger partial charge in [0.2, 0.25) is 11.4 Å². The molecule has 0 aliphatic carbocycles. The van der Waals surface area contributed by atoms with Crippen LogP contribution in [0.25, 0.3) is 21.5 Å². The summed E-state index contributed by atoms with van der Waals surface area (Å²) in [4.78, 5) is 0. The minimum absolute atomic E-state index is 0.253. The monoisotopic (exact) mass is 756 g/mol. The molecule has 58 heavy (non-hydrogen) atoms. The number of benzene rings is 7. The van der Waals surface area contributed by atoms with Crippen LogP contribution in [-0.2, 0) is 23.7 Å². The van der Waals surface area contributed by atoms with E-state index in [0.29, 0.717) is 0 Å². The van der Waals surface area contributed by atoms with E-state index in [4.69, 9.17) is 0 Å². The maximum Gasteiger partial charge on any atom is 0.210 e. The molecular formula is C54H52N4+2. The maximum atomic E-state index is 3.53. The SMILES string of the molecule is CC[N+]1=C(C=CNc2ccccc2)C(C)(Cc2ccc(CC3(C)C(C=CNc4ccccc4)=[N+](CC)c4ccc5ccccc5c43)cc2)c2c1ccc1ccccc21. The second kappa shape index (κ2) is 15.4. The van der Waals surface area contributed by atoms with Crippen molar-refractivity contribution in [1.29, 1.82) is 0 Å². The average molecular weight is 757 g/mol. The van der Waals surface area contributed by atoms with E-state index in [9.17, 15) is 0 Å². The first kappa shape index (κ1) is 37.1. The molecule has 0 saturated carbocycles. The van der Waals surface area contributed by atoms with Gasteiger partial charge in [0.25, 0.3) is 0 Å². The van der Waals surface area contributed by atoms with Crippen LogP contribution in [-0.4, -0.2) is 33.7 Å². The fourth-order valence-corrected chi connectivity index (χ4v) is 9.92. The van der Waals surface area contributed by atoms with E-state index < -0.39 is 0 Å². The predicted octanol–water partition coefficient (Wildman–Crippen LogP) is 12.5. The van der Waals surface area contributed by atoms with Crippen LogP contribution >= 0.6 is 0 Å². The van der Waals surface area contributed by atoms with Crippen molar-refractivity contribution in [1.82, 2.24) is 0 Å². The third-order valence-electron chi connectivity index (χ3n) is 12.5. The number of hydrogen-bond acceptors (Lipinski definition) is 2. The second-order valence-electron chi connectivity index (χ2n) is 16.1. The van der Waals surface area contributed by atoms with Gasteiger partial charge < -0.3 is 10.6 Å². The van der Waals surface area contributed by atoms with Gasteiger partial charge in [0.15, 0.2) is 11.4 Å². The summed E-state index contributed by atoms with van der Waals surface area (Å²) in [6, 6.07) is 57.3. The number of para-hydroxylation sites is 2. The zero-order valence-corrected chi connectivity index (χ0v) is 34.0. The third-order valence-corrected chi connectivity index (χ3v) is 12.5. The molecule has 0 saturated heterocycles. The van der Waals surface area contributed by atoms with Crippen LogP contribution < -0.4 is 10.6 Å². The lowest BCUT2D eigenvalue weighted by Gasteiger charge is -2.26. The first-order valence-electron chi connectivity index (χ1n) is 20.8. The molecule has 0 fully saturated rings. The smallest absolute Gasteiger partial charge is 0.210 e. The Kier molecular flexibility index (Phi) is 9.87. The summed E-state index contributed by atoms with van der Waals surface area (Å²) < 4.78 is 5.03. The number of nitrogens with one attached hydrogen (secondary N) is 2. The minimum atomic E-state index is -0.253. The molecule has 0 bridgehead atoms. The minimum Gasteiger partial charge on any atom is -0.361 e. The molecule has 2 N–H and O–H groups in total. The molecule has 7 aromatic rings. The lowest BCUT2D eigenvalue weighted by atomic mass is 9.72. The quantitative estimate of drug-likeness (QED) is 0.122. The van der Waals surface area contributed by atoms with Gasteiger partial charge in [-0.05, 0) is 110 Å². The van der Waals surface area contributed by atoms with Gasteiger partial charge in [0, 0.05) is 59.2 Å². The highest BCUT2D eigenvalue weighted by Crippen LogP contribution is 2.48. The Labute approximate surface area is 343 Å².